The summed E-state index contributed by atoms with van der Waals surface area (Å²) in [5, 5.41) is 13.9. The van der Waals surface area contributed by atoms with Gasteiger partial charge in [-0.25, -0.2) is 19.6 Å². The summed E-state index contributed by atoms with van der Waals surface area (Å²) in [5.74, 6) is -2.66. The topological polar surface area (TPSA) is 183 Å². The van der Waals surface area contributed by atoms with E-state index in [4.69, 9.17) is 10.5 Å². The van der Waals surface area contributed by atoms with Crippen molar-refractivity contribution in [3.63, 3.8) is 0 Å². The summed E-state index contributed by atoms with van der Waals surface area (Å²) in [5.41, 5.74) is 5.57. The van der Waals surface area contributed by atoms with Crippen LogP contribution < -0.4 is 11.1 Å². The van der Waals surface area contributed by atoms with Gasteiger partial charge in [-0.2, -0.15) is 0 Å². The maximum absolute atomic E-state index is 13.8. The molecule has 0 spiro atoms. The van der Waals surface area contributed by atoms with E-state index in [1.54, 1.807) is 6.92 Å². The van der Waals surface area contributed by atoms with Crippen LogP contribution in [-0.2, 0) is 28.7 Å². The number of esters is 1. The van der Waals surface area contributed by atoms with Gasteiger partial charge in [0.05, 0.1) is 6.61 Å². The first-order valence-electron chi connectivity index (χ1n) is 13.5. The van der Waals surface area contributed by atoms with Gasteiger partial charge in [0.1, 0.15) is 18.1 Å². The van der Waals surface area contributed by atoms with Crippen molar-refractivity contribution in [3.8, 4) is 0 Å². The summed E-state index contributed by atoms with van der Waals surface area (Å²) in [7, 11) is 1.15. The van der Waals surface area contributed by atoms with Crippen molar-refractivity contribution in [2.75, 3.05) is 33.3 Å². The number of carboxylic acid groups (broad SMARTS) is 1. The number of nitrogens with zero attached hydrogens (tertiary/aromatic N) is 4. The van der Waals surface area contributed by atoms with Crippen LogP contribution >= 0.6 is 0 Å². The van der Waals surface area contributed by atoms with Crippen LogP contribution in [0.25, 0.3) is 0 Å². The highest BCUT2D eigenvalue weighted by atomic mass is 16.5. The minimum Gasteiger partial charge on any atom is -0.464 e. The second-order valence-electron chi connectivity index (χ2n) is 9.83. The Kier molecular flexibility index (Phi) is 11.9. The number of carbonyl (C=O) groups is 6. The zero-order valence-electron chi connectivity index (χ0n) is 23.3. The normalized spacial score (nSPS) is 20.2. The second-order valence-corrected chi connectivity index (χ2v) is 9.83. The lowest BCUT2D eigenvalue weighted by molar-refractivity contribution is -0.170. The Morgan fingerprint density at radius 1 is 1.05 bits per heavy atom. The zero-order valence-corrected chi connectivity index (χ0v) is 23.3. The first kappa shape index (κ1) is 31.8. The standard InChI is InChI=1S/C25H42N6O8/c1-5-39-24(36)20(10-6-7-13-26)31(28(4)25(37)38)23(35)19-12-9-15-30(19)22(34)16(2)27-21(33)18-11-8-14-29(18)17(3)32/h16,18-20H,5-15,26H2,1-4H3,(H,27,33)(H,37,38)/t16-,18-,19-,20?/m0/s1. The van der Waals surface area contributed by atoms with Gasteiger partial charge in [-0.3, -0.25) is 19.2 Å². The molecule has 2 heterocycles. The first-order valence-corrected chi connectivity index (χ1v) is 13.5. The number of likely N-dealkylation sites (tertiary alicyclic amines) is 2. The molecule has 0 saturated carbocycles. The molecule has 2 aliphatic rings. The fraction of sp³-hybridized carbons (Fsp3) is 0.760. The average molecular weight is 555 g/mol. The largest absolute Gasteiger partial charge is 0.464 e. The molecule has 39 heavy (non-hydrogen) atoms. The summed E-state index contributed by atoms with van der Waals surface area (Å²) in [4.78, 5) is 79.5. The number of nitrogens with two attached hydrogens (primary N) is 1. The number of hydrazine groups is 1. The van der Waals surface area contributed by atoms with E-state index in [1.165, 1.54) is 23.6 Å². The minimum atomic E-state index is -1.46. The van der Waals surface area contributed by atoms with Crippen LogP contribution in [0, 0.1) is 0 Å². The highest BCUT2D eigenvalue weighted by Crippen LogP contribution is 2.25. The molecule has 4 N–H and O–H groups in total. The summed E-state index contributed by atoms with van der Waals surface area (Å²) in [6.45, 7) is 5.59. The van der Waals surface area contributed by atoms with Crippen molar-refractivity contribution in [1.29, 1.82) is 0 Å². The molecule has 1 unspecified atom stereocenters. The number of rotatable bonds is 11. The fourth-order valence-corrected chi connectivity index (χ4v) is 5.14. The molecule has 2 rings (SSSR count). The SMILES string of the molecule is CCOC(=O)C(CCCCN)N(C(=O)[C@@H]1CCCN1C(=O)[C@H](C)NC(=O)[C@@H]1CCCN1C(C)=O)N(C)C(=O)O. The number of carbonyl (C=O) groups excluding carboxylic acids is 5. The highest BCUT2D eigenvalue weighted by molar-refractivity contribution is 5.95. The number of nitrogens with one attached hydrogen (secondary N) is 1. The van der Waals surface area contributed by atoms with Crippen LogP contribution in [0.3, 0.4) is 0 Å². The van der Waals surface area contributed by atoms with Crippen LogP contribution in [0.4, 0.5) is 4.79 Å². The summed E-state index contributed by atoms with van der Waals surface area (Å²) >= 11 is 0. The molecule has 2 saturated heterocycles. The molecule has 0 aliphatic carbocycles. The van der Waals surface area contributed by atoms with Crippen LogP contribution in [-0.4, -0.2) is 118 Å². The molecule has 0 aromatic rings. The third kappa shape index (κ3) is 7.80. The average Bonchev–Trinajstić information content (AvgIpc) is 3.57. The Morgan fingerprint density at radius 3 is 2.23 bits per heavy atom. The van der Waals surface area contributed by atoms with E-state index < -0.39 is 54.0 Å². The van der Waals surface area contributed by atoms with Crippen molar-refractivity contribution in [3.05, 3.63) is 0 Å². The third-order valence-electron chi connectivity index (χ3n) is 7.12. The van der Waals surface area contributed by atoms with E-state index in [-0.39, 0.29) is 31.9 Å². The van der Waals surface area contributed by atoms with Gasteiger partial charge < -0.3 is 30.7 Å². The molecule has 2 aliphatic heterocycles. The number of amides is 5. The maximum atomic E-state index is 13.8. The fourth-order valence-electron chi connectivity index (χ4n) is 5.14. The number of hydrogen-bond acceptors (Lipinski definition) is 8. The zero-order chi connectivity index (χ0) is 29.3. The number of ether oxygens (including phenoxy) is 1. The van der Waals surface area contributed by atoms with Gasteiger partial charge in [-0.15, -0.1) is 0 Å². The van der Waals surface area contributed by atoms with Crippen molar-refractivity contribution in [1.82, 2.24) is 25.1 Å². The Balaban J connectivity index is 2.25. The Morgan fingerprint density at radius 2 is 1.67 bits per heavy atom. The number of hydrogen-bond donors (Lipinski definition) is 3. The maximum Gasteiger partial charge on any atom is 0.426 e. The lowest BCUT2D eigenvalue weighted by Gasteiger charge is -2.38. The molecule has 5 amide bonds. The van der Waals surface area contributed by atoms with E-state index in [1.807, 2.05) is 0 Å². The van der Waals surface area contributed by atoms with Crippen LogP contribution in [0.5, 0.6) is 0 Å². The molecule has 0 aromatic carbocycles. The molecular weight excluding hydrogens is 512 g/mol. The lowest BCUT2D eigenvalue weighted by Crippen LogP contribution is -2.61. The quantitative estimate of drug-likeness (QED) is 0.178. The van der Waals surface area contributed by atoms with E-state index in [0.717, 1.165) is 12.1 Å². The van der Waals surface area contributed by atoms with E-state index in [9.17, 15) is 33.9 Å². The molecule has 4 atom stereocenters. The number of unbranched alkanes of at least 4 members (excludes halogenated alkanes) is 1. The smallest absolute Gasteiger partial charge is 0.426 e. The van der Waals surface area contributed by atoms with Crippen molar-refractivity contribution >= 4 is 35.7 Å². The summed E-state index contributed by atoms with van der Waals surface area (Å²) in [6.07, 6.45) is 1.59. The van der Waals surface area contributed by atoms with Crippen molar-refractivity contribution in [2.45, 2.75) is 89.9 Å². The molecule has 0 bridgehead atoms. The molecule has 0 radical (unpaired) electrons. The second kappa shape index (κ2) is 14.7. The summed E-state index contributed by atoms with van der Waals surface area (Å²) < 4.78 is 5.15. The van der Waals surface area contributed by atoms with Gasteiger partial charge >= 0.3 is 12.1 Å². The third-order valence-corrected chi connectivity index (χ3v) is 7.12. The molecular formula is C25H42N6O8. The van der Waals surface area contributed by atoms with Crippen molar-refractivity contribution < 1.29 is 38.6 Å². The van der Waals surface area contributed by atoms with Crippen LogP contribution in [0.2, 0.25) is 0 Å². The van der Waals surface area contributed by atoms with Crippen LogP contribution in [0.1, 0.15) is 65.7 Å². The predicted molar refractivity (Wildman–Crippen MR) is 139 cm³/mol. The van der Waals surface area contributed by atoms with Crippen LogP contribution in [0.15, 0.2) is 0 Å². The van der Waals surface area contributed by atoms with E-state index in [0.29, 0.717) is 50.2 Å². The molecule has 0 aromatic heterocycles. The first-order chi connectivity index (χ1) is 18.5. The minimum absolute atomic E-state index is 0.0400. The van der Waals surface area contributed by atoms with Gasteiger partial charge in [0.15, 0.2) is 6.04 Å². The molecule has 2 fully saturated rings. The molecule has 220 valence electrons. The Labute approximate surface area is 228 Å². The Hall–Kier alpha value is -3.42. The predicted octanol–water partition coefficient (Wildman–Crippen LogP) is -0.0929. The van der Waals surface area contributed by atoms with Crippen molar-refractivity contribution in [2.24, 2.45) is 5.73 Å². The molecule has 14 heteroatoms. The van der Waals surface area contributed by atoms with E-state index >= 15 is 0 Å². The van der Waals surface area contributed by atoms with Gasteiger partial charge in [0.25, 0.3) is 5.91 Å². The monoisotopic (exact) mass is 554 g/mol. The van der Waals surface area contributed by atoms with Gasteiger partial charge in [-0.05, 0) is 65.3 Å². The summed E-state index contributed by atoms with van der Waals surface area (Å²) in [6, 6.07) is -3.91. The Bertz CT molecular complexity index is 930. The highest BCUT2D eigenvalue weighted by Gasteiger charge is 2.44. The van der Waals surface area contributed by atoms with Gasteiger partial charge in [0.2, 0.25) is 17.7 Å². The van der Waals surface area contributed by atoms with Gasteiger partial charge in [-0.1, -0.05) is 0 Å². The van der Waals surface area contributed by atoms with Gasteiger partial charge in [0, 0.05) is 27.1 Å². The molecule has 14 nitrogen and oxygen atoms in total. The van der Waals surface area contributed by atoms with E-state index in [2.05, 4.69) is 5.32 Å². The lowest BCUT2D eigenvalue weighted by atomic mass is 10.1.